The second-order valence-electron chi connectivity index (χ2n) is 13.3. The van der Waals surface area contributed by atoms with Gasteiger partial charge < -0.3 is 18.8 Å². The Balaban J connectivity index is -0.000000367. The molecule has 0 radical (unpaired) electrons. The van der Waals surface area contributed by atoms with Gasteiger partial charge in [0, 0.05) is 0 Å². The topological polar surface area (TPSA) is 136 Å². The van der Waals surface area contributed by atoms with Crippen LogP contribution in [0.2, 0.25) is 0 Å². The average molecular weight is 737 g/mol. The van der Waals surface area contributed by atoms with Gasteiger partial charge in [-0.25, -0.2) is 9.78 Å². The van der Waals surface area contributed by atoms with Crippen molar-refractivity contribution in [2.24, 2.45) is 23.7 Å². The van der Waals surface area contributed by atoms with Crippen molar-refractivity contribution in [1.29, 1.82) is 0 Å². The normalized spacial score (nSPS) is 14.0. The van der Waals surface area contributed by atoms with E-state index in [2.05, 4.69) is 64.7 Å². The fourth-order valence-corrected chi connectivity index (χ4v) is 5.24. The van der Waals surface area contributed by atoms with Gasteiger partial charge in [-0.3, -0.25) is 9.13 Å². The minimum Gasteiger partial charge on any atom is -0.754 e. The Bertz CT molecular complexity index is 660. The van der Waals surface area contributed by atoms with Gasteiger partial charge in [-0.15, -0.1) is 0 Å². The average Bonchev–Trinajstić information content (AvgIpc) is 2.91. The summed E-state index contributed by atoms with van der Waals surface area (Å²) in [5.41, 5.74) is 0. The van der Waals surface area contributed by atoms with Crippen molar-refractivity contribution in [1.82, 2.24) is 0 Å². The second-order valence-corrected chi connectivity index (χ2v) is 15.9. The second kappa shape index (κ2) is 37.5. The van der Waals surface area contributed by atoms with Crippen LogP contribution < -0.4 is 90.7 Å². The molecule has 0 heterocycles. The van der Waals surface area contributed by atoms with Crippen LogP contribution in [0, 0.1) is 23.7 Å². The first-order valence-corrected chi connectivity index (χ1v) is 20.1. The summed E-state index contributed by atoms with van der Waals surface area (Å²) in [5.74, 6) is 2.77. The van der Waals surface area contributed by atoms with E-state index in [1.807, 2.05) is 0 Å². The van der Waals surface area contributed by atoms with E-state index in [4.69, 9.17) is 18.8 Å². The maximum atomic E-state index is 11.4. The third kappa shape index (κ3) is 48.9. The zero-order valence-corrected chi connectivity index (χ0v) is 38.3. The Morgan fingerprint density at radius 3 is 0.913 bits per heavy atom. The van der Waals surface area contributed by atoms with Crippen molar-refractivity contribution in [3.05, 3.63) is 0 Å². The number of rotatable bonds is 30. The van der Waals surface area contributed by atoms with Crippen LogP contribution in [-0.4, -0.2) is 26.4 Å². The SMILES string of the molecule is CC(C)CCCCCOOP(=O)([O-])OCCCCCC(C)C.CC(C)CCCCCOOP(=O)([O-])OCCCCCC(C)C.[K+].[Na+]. The Morgan fingerprint density at radius 2 is 0.674 bits per heavy atom. The monoisotopic (exact) mass is 736 g/mol. The van der Waals surface area contributed by atoms with E-state index in [-0.39, 0.29) is 107 Å². The van der Waals surface area contributed by atoms with E-state index in [9.17, 15) is 18.9 Å². The molecule has 0 rings (SSSR count). The van der Waals surface area contributed by atoms with Crippen LogP contribution in [0.4, 0.5) is 0 Å². The molecule has 0 saturated heterocycles. The van der Waals surface area contributed by atoms with E-state index in [1.165, 1.54) is 12.8 Å². The molecule has 0 aromatic rings. The molecule has 0 bridgehead atoms. The predicted octanol–water partition coefficient (Wildman–Crippen LogP) is 3.71. The largest absolute Gasteiger partial charge is 1.00 e. The molecule has 0 aromatic heterocycles. The van der Waals surface area contributed by atoms with Crippen molar-refractivity contribution >= 4 is 15.6 Å². The Kier molecular flexibility index (Phi) is 45.3. The molecule has 0 aromatic carbocycles. The van der Waals surface area contributed by atoms with Gasteiger partial charge in [0.1, 0.15) is 0 Å². The van der Waals surface area contributed by atoms with Crippen LogP contribution in [0.1, 0.15) is 158 Å². The van der Waals surface area contributed by atoms with Crippen LogP contribution in [0.3, 0.4) is 0 Å². The van der Waals surface area contributed by atoms with E-state index >= 15 is 0 Å². The van der Waals surface area contributed by atoms with Crippen molar-refractivity contribution in [3.8, 4) is 0 Å². The minimum absolute atomic E-state index is 0. The molecule has 0 aliphatic heterocycles. The quantitative estimate of drug-likeness (QED) is 0.0353. The molecule has 0 fully saturated rings. The smallest absolute Gasteiger partial charge is 0.754 e. The number of hydrogen-bond acceptors (Lipinski definition) is 10. The van der Waals surface area contributed by atoms with Gasteiger partial charge in [-0.05, 0) is 49.4 Å². The maximum Gasteiger partial charge on any atom is 1.00 e. The van der Waals surface area contributed by atoms with Crippen LogP contribution >= 0.6 is 15.6 Å². The Morgan fingerprint density at radius 1 is 0.435 bits per heavy atom. The van der Waals surface area contributed by atoms with Crippen molar-refractivity contribution in [2.75, 3.05) is 26.4 Å². The molecular weight excluding hydrogens is 668 g/mol. The molecule has 0 aliphatic carbocycles. The van der Waals surface area contributed by atoms with Gasteiger partial charge in [-0.1, -0.05) is 132 Å². The van der Waals surface area contributed by atoms with E-state index in [0.717, 1.165) is 89.9 Å². The third-order valence-corrected chi connectivity index (χ3v) is 8.23. The zero-order chi connectivity index (χ0) is 33.7. The summed E-state index contributed by atoms with van der Waals surface area (Å²) in [6.45, 7) is 18.3. The summed E-state index contributed by atoms with van der Waals surface area (Å²) in [7, 11) is -8.61. The van der Waals surface area contributed by atoms with Gasteiger partial charge in [0.25, 0.3) is 15.6 Å². The number of phosphoric acid groups is 2. The molecular formula is C32H68KNaO10P2. The van der Waals surface area contributed by atoms with Crippen molar-refractivity contribution in [2.45, 2.75) is 158 Å². The molecule has 2 atom stereocenters. The van der Waals surface area contributed by atoms with Gasteiger partial charge in [-0.2, -0.15) is 9.35 Å². The number of hydrogen-bond donors (Lipinski definition) is 0. The summed E-state index contributed by atoms with van der Waals surface area (Å²) >= 11 is 0. The van der Waals surface area contributed by atoms with E-state index in [0.29, 0.717) is 23.7 Å². The summed E-state index contributed by atoms with van der Waals surface area (Å²) < 4.78 is 41.1. The standard InChI is InChI=1S/2C16H35O5P.K.Na/c2*1-15(2)11-7-5-9-13-19-21-22(17,18)20-14-10-6-8-12-16(3)4;;/h2*15-16H,5-14H2,1-4H3,(H,17,18);;/q;;2*+1/p-2. The molecule has 0 aliphatic rings. The number of phosphoric ester groups is 2. The van der Waals surface area contributed by atoms with E-state index < -0.39 is 15.6 Å². The van der Waals surface area contributed by atoms with Crippen LogP contribution in [0.5, 0.6) is 0 Å². The fraction of sp³-hybridized carbons (Fsp3) is 1.00. The maximum absolute atomic E-state index is 11.4. The zero-order valence-electron chi connectivity index (χ0n) is 31.4. The first-order valence-electron chi connectivity index (χ1n) is 17.2. The van der Waals surface area contributed by atoms with Gasteiger partial charge in [0.15, 0.2) is 0 Å². The van der Waals surface area contributed by atoms with Crippen molar-refractivity contribution in [3.63, 3.8) is 0 Å². The molecule has 10 nitrogen and oxygen atoms in total. The Hall–Kier alpha value is 2.78. The molecule has 0 amide bonds. The Labute approximate surface area is 348 Å². The summed E-state index contributed by atoms with van der Waals surface area (Å²) in [6, 6.07) is 0. The molecule has 0 spiro atoms. The minimum atomic E-state index is -4.30. The van der Waals surface area contributed by atoms with Gasteiger partial charge in [0.05, 0.1) is 26.4 Å². The molecule has 46 heavy (non-hydrogen) atoms. The molecule has 14 heteroatoms. The third-order valence-electron chi connectivity index (χ3n) is 6.66. The summed E-state index contributed by atoms with van der Waals surface area (Å²) in [6.07, 6.45) is 16.1. The molecule has 0 saturated carbocycles. The predicted molar refractivity (Wildman–Crippen MR) is 174 cm³/mol. The summed E-state index contributed by atoms with van der Waals surface area (Å²) in [4.78, 5) is 32.2. The molecule has 0 N–H and O–H groups in total. The first-order chi connectivity index (χ1) is 20.7. The van der Waals surface area contributed by atoms with Crippen LogP contribution in [-0.2, 0) is 37.3 Å². The fourth-order valence-electron chi connectivity index (χ4n) is 4.04. The molecule has 268 valence electrons. The van der Waals surface area contributed by atoms with Gasteiger partial charge in [0.2, 0.25) is 0 Å². The van der Waals surface area contributed by atoms with Crippen LogP contribution in [0.15, 0.2) is 0 Å². The van der Waals surface area contributed by atoms with Crippen LogP contribution in [0.25, 0.3) is 0 Å². The molecule has 2 unspecified atom stereocenters. The summed E-state index contributed by atoms with van der Waals surface area (Å²) in [5, 5.41) is 0. The van der Waals surface area contributed by atoms with E-state index in [1.54, 1.807) is 0 Å². The first kappa shape index (κ1) is 55.5. The van der Waals surface area contributed by atoms with Gasteiger partial charge >= 0.3 is 80.9 Å². The number of unbranched alkanes of at least 4 members (excludes halogenated alkanes) is 8. The van der Waals surface area contributed by atoms with Crippen molar-refractivity contribution < 1.29 is 128 Å².